The van der Waals surface area contributed by atoms with Crippen molar-refractivity contribution in [3.63, 3.8) is 0 Å². The minimum atomic E-state index is -0.780. The van der Waals surface area contributed by atoms with E-state index < -0.39 is 24.0 Å². The fourth-order valence-corrected chi connectivity index (χ4v) is 1.76. The summed E-state index contributed by atoms with van der Waals surface area (Å²) in [4.78, 5) is 23.6. The molecule has 21 heavy (non-hydrogen) atoms. The third kappa shape index (κ3) is 6.12. The normalized spacial score (nSPS) is 12.7. The molecule has 0 spiro atoms. The average Bonchev–Trinajstić information content (AvgIpc) is 2.48. The van der Waals surface area contributed by atoms with E-state index in [9.17, 15) is 9.59 Å². The van der Waals surface area contributed by atoms with E-state index in [-0.39, 0.29) is 19.0 Å². The van der Waals surface area contributed by atoms with E-state index in [2.05, 4.69) is 5.32 Å². The molecule has 0 aromatic heterocycles. The SMILES string of the molecule is COC(=O)C(Cc1ccccc1)NC(=O)C(CN)OC.Cl. The van der Waals surface area contributed by atoms with Crippen LogP contribution in [0.4, 0.5) is 0 Å². The summed E-state index contributed by atoms with van der Waals surface area (Å²) in [5.74, 6) is -0.935. The van der Waals surface area contributed by atoms with Crippen molar-refractivity contribution in [3.8, 4) is 0 Å². The zero-order valence-electron chi connectivity index (χ0n) is 12.1. The maximum atomic E-state index is 11.9. The topological polar surface area (TPSA) is 90.7 Å². The zero-order chi connectivity index (χ0) is 15.0. The summed E-state index contributed by atoms with van der Waals surface area (Å²) in [5, 5.41) is 2.60. The number of amides is 1. The third-order valence-corrected chi connectivity index (χ3v) is 2.88. The van der Waals surface area contributed by atoms with Gasteiger partial charge in [-0.15, -0.1) is 12.4 Å². The number of carbonyl (C=O) groups excluding carboxylic acids is 2. The van der Waals surface area contributed by atoms with Crippen molar-refractivity contribution in [2.24, 2.45) is 5.73 Å². The molecule has 6 nitrogen and oxygen atoms in total. The van der Waals surface area contributed by atoms with Gasteiger partial charge in [0.25, 0.3) is 5.91 Å². The molecule has 0 aliphatic heterocycles. The van der Waals surface area contributed by atoms with Crippen LogP contribution in [-0.4, -0.2) is 44.8 Å². The molecule has 2 unspecified atom stereocenters. The average molecular weight is 317 g/mol. The van der Waals surface area contributed by atoms with Crippen molar-refractivity contribution in [1.29, 1.82) is 0 Å². The Labute approximate surface area is 130 Å². The fraction of sp³-hybridized carbons (Fsp3) is 0.429. The second-order valence-corrected chi connectivity index (χ2v) is 4.23. The smallest absolute Gasteiger partial charge is 0.328 e. The molecule has 1 amide bonds. The van der Waals surface area contributed by atoms with E-state index in [4.69, 9.17) is 15.2 Å². The molecule has 7 heteroatoms. The number of hydrogen-bond donors (Lipinski definition) is 2. The predicted octanol–water partition coefficient (Wildman–Crippen LogP) is 0.282. The number of hydrogen-bond acceptors (Lipinski definition) is 5. The molecule has 0 radical (unpaired) electrons. The first-order valence-electron chi connectivity index (χ1n) is 6.27. The van der Waals surface area contributed by atoms with Gasteiger partial charge in [0.05, 0.1) is 7.11 Å². The van der Waals surface area contributed by atoms with Gasteiger partial charge in [-0.25, -0.2) is 4.79 Å². The summed E-state index contributed by atoms with van der Waals surface area (Å²) in [6, 6.07) is 8.59. The van der Waals surface area contributed by atoms with Gasteiger partial charge in [0, 0.05) is 20.1 Å². The van der Waals surface area contributed by atoms with E-state index in [1.165, 1.54) is 14.2 Å². The summed E-state index contributed by atoms with van der Waals surface area (Å²) in [5.41, 5.74) is 6.34. The summed E-state index contributed by atoms with van der Waals surface area (Å²) in [7, 11) is 2.67. The lowest BCUT2D eigenvalue weighted by Crippen LogP contribution is -2.49. The Balaban J connectivity index is 0.00000400. The first-order valence-corrected chi connectivity index (χ1v) is 6.27. The highest BCUT2D eigenvalue weighted by atomic mass is 35.5. The number of esters is 1. The van der Waals surface area contributed by atoms with Crippen LogP contribution in [0.25, 0.3) is 0 Å². The van der Waals surface area contributed by atoms with Crippen LogP contribution in [0.5, 0.6) is 0 Å². The Kier molecular flexibility index (Phi) is 9.36. The van der Waals surface area contributed by atoms with Gasteiger partial charge in [-0.1, -0.05) is 30.3 Å². The molecule has 1 aromatic carbocycles. The minimum absolute atomic E-state index is 0. The lowest BCUT2D eigenvalue weighted by atomic mass is 10.1. The Morgan fingerprint density at radius 2 is 1.86 bits per heavy atom. The molecule has 1 aromatic rings. The first kappa shape index (κ1) is 19.4. The van der Waals surface area contributed by atoms with Gasteiger partial charge in [0.2, 0.25) is 0 Å². The zero-order valence-corrected chi connectivity index (χ0v) is 12.9. The Hall–Kier alpha value is -1.63. The molecule has 0 aliphatic rings. The predicted molar refractivity (Wildman–Crippen MR) is 81.2 cm³/mol. The van der Waals surface area contributed by atoms with E-state index >= 15 is 0 Å². The molecule has 0 fully saturated rings. The maximum Gasteiger partial charge on any atom is 0.328 e. The molecule has 0 saturated heterocycles. The molecule has 3 N–H and O–H groups in total. The summed E-state index contributed by atoms with van der Waals surface area (Å²) in [6.45, 7) is 0.0432. The van der Waals surface area contributed by atoms with Crippen LogP contribution in [0.3, 0.4) is 0 Å². The molecular weight excluding hydrogens is 296 g/mol. The second kappa shape index (κ2) is 10.1. The molecule has 2 atom stereocenters. The molecule has 0 aliphatic carbocycles. The lowest BCUT2D eigenvalue weighted by molar-refractivity contribution is -0.146. The second-order valence-electron chi connectivity index (χ2n) is 4.23. The first-order chi connectivity index (χ1) is 9.62. The Morgan fingerprint density at radius 1 is 1.24 bits per heavy atom. The number of ether oxygens (including phenoxy) is 2. The quantitative estimate of drug-likeness (QED) is 0.705. The monoisotopic (exact) mass is 316 g/mol. The van der Waals surface area contributed by atoms with E-state index in [1.54, 1.807) is 0 Å². The van der Waals surface area contributed by atoms with Gasteiger partial charge in [-0.2, -0.15) is 0 Å². The minimum Gasteiger partial charge on any atom is -0.467 e. The van der Waals surface area contributed by atoms with E-state index in [0.29, 0.717) is 6.42 Å². The number of methoxy groups -OCH3 is 2. The standard InChI is InChI=1S/C14H20N2O4.ClH/c1-19-12(9-15)13(17)16-11(14(18)20-2)8-10-6-4-3-5-7-10;/h3-7,11-12H,8-9,15H2,1-2H3,(H,16,17);1H. The summed E-state index contributed by atoms with van der Waals surface area (Å²) in [6.07, 6.45) is -0.432. The van der Waals surface area contributed by atoms with Crippen LogP contribution in [0.15, 0.2) is 30.3 Å². The van der Waals surface area contributed by atoms with Crippen LogP contribution in [0.2, 0.25) is 0 Å². The molecule has 118 valence electrons. The van der Waals surface area contributed by atoms with Crippen molar-refractivity contribution in [2.75, 3.05) is 20.8 Å². The van der Waals surface area contributed by atoms with E-state index in [1.807, 2.05) is 30.3 Å². The van der Waals surface area contributed by atoms with Crippen LogP contribution in [0.1, 0.15) is 5.56 Å². The molecular formula is C14H21ClN2O4. The van der Waals surface area contributed by atoms with Gasteiger partial charge < -0.3 is 20.5 Å². The molecule has 0 heterocycles. The van der Waals surface area contributed by atoms with Gasteiger partial charge >= 0.3 is 5.97 Å². The van der Waals surface area contributed by atoms with Gasteiger partial charge in [-0.05, 0) is 5.56 Å². The third-order valence-electron chi connectivity index (χ3n) is 2.88. The van der Waals surface area contributed by atoms with Crippen molar-refractivity contribution >= 4 is 24.3 Å². The van der Waals surface area contributed by atoms with Gasteiger partial charge in [-0.3, -0.25) is 4.79 Å². The highest BCUT2D eigenvalue weighted by molar-refractivity contribution is 5.87. The van der Waals surface area contributed by atoms with Crippen molar-refractivity contribution in [1.82, 2.24) is 5.32 Å². The molecule has 1 rings (SSSR count). The largest absolute Gasteiger partial charge is 0.467 e. The van der Waals surface area contributed by atoms with E-state index in [0.717, 1.165) is 5.56 Å². The van der Waals surface area contributed by atoms with Gasteiger partial charge in [0.1, 0.15) is 12.1 Å². The van der Waals surface area contributed by atoms with Crippen LogP contribution in [0, 0.1) is 0 Å². The molecule has 0 bridgehead atoms. The van der Waals surface area contributed by atoms with Crippen LogP contribution >= 0.6 is 12.4 Å². The number of benzene rings is 1. The lowest BCUT2D eigenvalue weighted by Gasteiger charge is -2.19. The highest BCUT2D eigenvalue weighted by Gasteiger charge is 2.25. The Morgan fingerprint density at radius 3 is 2.33 bits per heavy atom. The number of rotatable bonds is 7. The van der Waals surface area contributed by atoms with Crippen molar-refractivity contribution in [2.45, 2.75) is 18.6 Å². The number of nitrogens with one attached hydrogen (secondary N) is 1. The fourth-order valence-electron chi connectivity index (χ4n) is 1.76. The van der Waals surface area contributed by atoms with Crippen molar-refractivity contribution < 1.29 is 19.1 Å². The molecule has 0 saturated carbocycles. The number of halogens is 1. The number of carbonyl (C=O) groups is 2. The Bertz CT molecular complexity index is 438. The highest BCUT2D eigenvalue weighted by Crippen LogP contribution is 2.05. The van der Waals surface area contributed by atoms with Crippen molar-refractivity contribution in [3.05, 3.63) is 35.9 Å². The summed E-state index contributed by atoms with van der Waals surface area (Å²) >= 11 is 0. The maximum absolute atomic E-state index is 11.9. The summed E-state index contributed by atoms with van der Waals surface area (Å²) < 4.78 is 9.64. The number of nitrogens with two attached hydrogens (primary N) is 1. The van der Waals surface area contributed by atoms with Crippen LogP contribution < -0.4 is 11.1 Å². The van der Waals surface area contributed by atoms with Gasteiger partial charge in [0.15, 0.2) is 0 Å². The van der Waals surface area contributed by atoms with Crippen LogP contribution in [-0.2, 0) is 25.5 Å².